The number of hydrogen-bond acceptors (Lipinski definition) is 4. The van der Waals surface area contributed by atoms with Crippen LogP contribution in [-0.4, -0.2) is 22.8 Å². The standard InChI is InChI=1S/C20H20O5/c1-11-4-5-14(13(3)12(11)2)9-24-17-7-6-16-15(8-18(21)22)10-25-20(16)19(17)23/h4-7,10-11,23H,2,8-9H2,1,3H3,(H,21,22). The number of carboxylic acids is 1. The zero-order valence-electron chi connectivity index (χ0n) is 14.2. The van der Waals surface area contributed by atoms with Crippen molar-refractivity contribution >= 4 is 16.9 Å². The minimum atomic E-state index is -0.955. The summed E-state index contributed by atoms with van der Waals surface area (Å²) in [4.78, 5) is 10.9. The lowest BCUT2D eigenvalue weighted by Crippen LogP contribution is -2.09. The average Bonchev–Trinajstić information content (AvgIpc) is 2.97. The number of benzene rings is 1. The van der Waals surface area contributed by atoms with Crippen molar-refractivity contribution in [3.05, 3.63) is 59.4 Å². The number of furan rings is 1. The van der Waals surface area contributed by atoms with Gasteiger partial charge in [0.2, 0.25) is 5.75 Å². The van der Waals surface area contributed by atoms with E-state index >= 15 is 0 Å². The Morgan fingerprint density at radius 2 is 2.16 bits per heavy atom. The molecule has 2 N–H and O–H groups in total. The lowest BCUT2D eigenvalue weighted by molar-refractivity contribution is -0.136. The van der Waals surface area contributed by atoms with Crippen molar-refractivity contribution in [1.82, 2.24) is 0 Å². The largest absolute Gasteiger partial charge is 0.502 e. The summed E-state index contributed by atoms with van der Waals surface area (Å²) < 4.78 is 11.1. The SMILES string of the molecule is C=C1C(C)=C(COc2ccc3c(CC(=O)O)coc3c2O)C=CC1C. The highest BCUT2D eigenvalue weighted by molar-refractivity contribution is 5.90. The number of allylic oxidation sites excluding steroid dienone is 3. The second-order valence-corrected chi connectivity index (χ2v) is 6.23. The summed E-state index contributed by atoms with van der Waals surface area (Å²) in [5.41, 5.74) is 3.91. The Kier molecular flexibility index (Phi) is 4.40. The average molecular weight is 340 g/mol. The van der Waals surface area contributed by atoms with Gasteiger partial charge < -0.3 is 19.4 Å². The van der Waals surface area contributed by atoms with Crippen LogP contribution in [0.3, 0.4) is 0 Å². The van der Waals surface area contributed by atoms with E-state index < -0.39 is 5.97 Å². The molecule has 2 aromatic rings. The van der Waals surface area contributed by atoms with Crippen molar-refractivity contribution in [2.24, 2.45) is 5.92 Å². The number of aliphatic carboxylic acids is 1. The van der Waals surface area contributed by atoms with Gasteiger partial charge in [-0.2, -0.15) is 0 Å². The highest BCUT2D eigenvalue weighted by atomic mass is 16.5. The van der Waals surface area contributed by atoms with Crippen LogP contribution < -0.4 is 4.74 Å². The predicted molar refractivity (Wildman–Crippen MR) is 94.9 cm³/mol. The van der Waals surface area contributed by atoms with E-state index in [0.29, 0.717) is 29.2 Å². The number of rotatable bonds is 5. The Hall–Kier alpha value is -2.95. The summed E-state index contributed by atoms with van der Waals surface area (Å²) >= 11 is 0. The Balaban J connectivity index is 1.83. The summed E-state index contributed by atoms with van der Waals surface area (Å²) in [5, 5.41) is 19.9. The number of carbonyl (C=O) groups is 1. The first-order valence-electron chi connectivity index (χ1n) is 8.02. The Bertz CT molecular complexity index is 914. The Morgan fingerprint density at radius 3 is 2.88 bits per heavy atom. The molecule has 1 aromatic carbocycles. The van der Waals surface area contributed by atoms with Crippen molar-refractivity contribution in [3.8, 4) is 11.5 Å². The highest BCUT2D eigenvalue weighted by Crippen LogP contribution is 2.38. The third-order valence-corrected chi connectivity index (χ3v) is 4.58. The second kappa shape index (κ2) is 6.51. The molecule has 0 fully saturated rings. The van der Waals surface area contributed by atoms with E-state index in [4.69, 9.17) is 14.3 Å². The van der Waals surface area contributed by atoms with Crippen molar-refractivity contribution < 1.29 is 24.2 Å². The molecular weight excluding hydrogens is 320 g/mol. The lowest BCUT2D eigenvalue weighted by Gasteiger charge is -2.20. The third-order valence-electron chi connectivity index (χ3n) is 4.58. The molecule has 0 radical (unpaired) electrons. The molecule has 1 atom stereocenters. The van der Waals surface area contributed by atoms with Gasteiger partial charge in [-0.25, -0.2) is 0 Å². The van der Waals surface area contributed by atoms with Gasteiger partial charge in [0.05, 0.1) is 12.7 Å². The molecule has 0 amide bonds. The van der Waals surface area contributed by atoms with Crippen molar-refractivity contribution in [3.63, 3.8) is 0 Å². The Morgan fingerprint density at radius 1 is 1.40 bits per heavy atom. The van der Waals surface area contributed by atoms with Crippen molar-refractivity contribution in [2.75, 3.05) is 6.61 Å². The van der Waals surface area contributed by atoms with E-state index in [-0.39, 0.29) is 17.8 Å². The van der Waals surface area contributed by atoms with Crippen LogP contribution in [0.1, 0.15) is 19.4 Å². The van der Waals surface area contributed by atoms with Crippen molar-refractivity contribution in [2.45, 2.75) is 20.3 Å². The number of aromatic hydroxyl groups is 1. The molecule has 1 unspecified atom stereocenters. The normalized spacial score (nSPS) is 17.4. The van der Waals surface area contributed by atoms with Crippen LogP contribution in [0.15, 0.2) is 58.3 Å². The topological polar surface area (TPSA) is 79.9 Å². The molecule has 5 heteroatoms. The van der Waals surface area contributed by atoms with Gasteiger partial charge in [0.25, 0.3) is 0 Å². The van der Waals surface area contributed by atoms with Crippen LogP contribution in [-0.2, 0) is 11.2 Å². The first-order chi connectivity index (χ1) is 11.9. The number of fused-ring (bicyclic) bond motifs is 1. The summed E-state index contributed by atoms with van der Waals surface area (Å²) in [7, 11) is 0. The highest BCUT2D eigenvalue weighted by Gasteiger charge is 2.18. The fourth-order valence-corrected chi connectivity index (χ4v) is 2.90. The van der Waals surface area contributed by atoms with E-state index in [1.807, 2.05) is 13.0 Å². The maximum absolute atomic E-state index is 10.9. The zero-order valence-corrected chi connectivity index (χ0v) is 14.2. The van der Waals surface area contributed by atoms with E-state index in [0.717, 1.165) is 16.7 Å². The third kappa shape index (κ3) is 3.18. The maximum atomic E-state index is 10.9. The van der Waals surface area contributed by atoms with Gasteiger partial charge >= 0.3 is 5.97 Å². The van der Waals surface area contributed by atoms with Gasteiger partial charge in [-0.15, -0.1) is 0 Å². The second-order valence-electron chi connectivity index (χ2n) is 6.23. The molecule has 25 heavy (non-hydrogen) atoms. The number of carboxylic acid groups (broad SMARTS) is 1. The molecule has 0 aliphatic heterocycles. The molecule has 1 aromatic heterocycles. The summed E-state index contributed by atoms with van der Waals surface area (Å²) in [6, 6.07) is 3.32. The van der Waals surface area contributed by atoms with E-state index in [9.17, 15) is 9.90 Å². The number of hydrogen-bond donors (Lipinski definition) is 2. The molecule has 1 aliphatic rings. The summed E-state index contributed by atoms with van der Waals surface area (Å²) in [5.74, 6) is -0.478. The van der Waals surface area contributed by atoms with Gasteiger partial charge in [0.1, 0.15) is 6.61 Å². The molecule has 130 valence electrons. The van der Waals surface area contributed by atoms with Crippen LogP contribution in [0, 0.1) is 5.92 Å². The van der Waals surface area contributed by atoms with Gasteiger partial charge in [0, 0.05) is 10.9 Å². The van der Waals surface area contributed by atoms with Crippen LogP contribution in [0.4, 0.5) is 0 Å². The van der Waals surface area contributed by atoms with Crippen LogP contribution in [0.2, 0.25) is 0 Å². The molecule has 5 nitrogen and oxygen atoms in total. The molecule has 0 bridgehead atoms. The maximum Gasteiger partial charge on any atom is 0.307 e. The van der Waals surface area contributed by atoms with Gasteiger partial charge in [-0.3, -0.25) is 4.79 Å². The predicted octanol–water partition coefficient (Wildman–Crippen LogP) is 4.22. The molecule has 1 aliphatic carbocycles. The van der Waals surface area contributed by atoms with Gasteiger partial charge in [0.15, 0.2) is 11.3 Å². The lowest BCUT2D eigenvalue weighted by atomic mass is 9.88. The first-order valence-corrected chi connectivity index (χ1v) is 8.02. The van der Waals surface area contributed by atoms with Crippen molar-refractivity contribution in [1.29, 1.82) is 0 Å². The molecule has 0 saturated heterocycles. The van der Waals surface area contributed by atoms with E-state index in [2.05, 4.69) is 19.6 Å². The monoisotopic (exact) mass is 340 g/mol. The number of ether oxygens (including phenoxy) is 1. The smallest absolute Gasteiger partial charge is 0.307 e. The van der Waals surface area contributed by atoms with E-state index in [1.54, 1.807) is 12.1 Å². The fourth-order valence-electron chi connectivity index (χ4n) is 2.90. The minimum absolute atomic E-state index is 0.126. The van der Waals surface area contributed by atoms with Gasteiger partial charge in [-0.1, -0.05) is 25.7 Å². The molecule has 3 rings (SSSR count). The van der Waals surface area contributed by atoms with Crippen LogP contribution >= 0.6 is 0 Å². The Labute approximate surface area is 145 Å². The summed E-state index contributed by atoms with van der Waals surface area (Å²) in [6.45, 7) is 8.49. The van der Waals surface area contributed by atoms with Gasteiger partial charge in [-0.05, 0) is 41.7 Å². The fraction of sp³-hybridized carbons (Fsp3) is 0.250. The van der Waals surface area contributed by atoms with Crippen LogP contribution in [0.25, 0.3) is 11.0 Å². The molecular formula is C20H20O5. The van der Waals surface area contributed by atoms with E-state index in [1.165, 1.54) is 6.26 Å². The molecule has 1 heterocycles. The summed E-state index contributed by atoms with van der Waals surface area (Å²) in [6.07, 6.45) is 5.28. The zero-order chi connectivity index (χ0) is 18.1. The number of phenolic OH excluding ortho intramolecular Hbond substituents is 1. The van der Waals surface area contributed by atoms with Crippen LogP contribution in [0.5, 0.6) is 11.5 Å². The molecule has 0 spiro atoms. The molecule has 0 saturated carbocycles. The quantitative estimate of drug-likeness (QED) is 0.852. The minimum Gasteiger partial charge on any atom is -0.502 e. The first kappa shape index (κ1) is 16.9. The number of phenols is 1.